The molecule has 0 radical (unpaired) electrons. The summed E-state index contributed by atoms with van der Waals surface area (Å²) in [5.74, 6) is 0.901. The monoisotopic (exact) mass is 518 g/mol. The molecule has 1 amide bonds. The van der Waals surface area contributed by atoms with Gasteiger partial charge in [0.1, 0.15) is 11.4 Å². The molecule has 1 aliphatic carbocycles. The first-order chi connectivity index (χ1) is 18.2. The molecule has 0 N–H and O–H groups in total. The molecule has 2 unspecified atom stereocenters. The Kier molecular flexibility index (Phi) is 8.61. The summed E-state index contributed by atoms with van der Waals surface area (Å²) in [6.07, 6.45) is 4.90. The van der Waals surface area contributed by atoms with Gasteiger partial charge in [0.05, 0.1) is 7.11 Å². The lowest BCUT2D eigenvalue weighted by molar-refractivity contribution is -0.188. The number of hydrogen-bond acceptors (Lipinski definition) is 5. The normalized spacial score (nSPS) is 25.3. The Labute approximate surface area is 227 Å². The van der Waals surface area contributed by atoms with Crippen molar-refractivity contribution in [2.24, 2.45) is 5.92 Å². The third-order valence-corrected chi connectivity index (χ3v) is 8.30. The number of benzene rings is 2. The Hall–Kier alpha value is -3.12. The summed E-state index contributed by atoms with van der Waals surface area (Å²) in [5.41, 5.74) is 0.654. The summed E-state index contributed by atoms with van der Waals surface area (Å²) in [6, 6.07) is 17.8. The Morgan fingerprint density at radius 3 is 2.58 bits per heavy atom. The number of ether oxygens (including phenoxy) is 2. The maximum Gasteiger partial charge on any atom is 0.303 e. The number of rotatable bonds is 9. The van der Waals surface area contributed by atoms with Crippen molar-refractivity contribution in [2.45, 2.75) is 63.5 Å². The van der Waals surface area contributed by atoms with Crippen LogP contribution in [0.3, 0.4) is 0 Å². The zero-order valence-electron chi connectivity index (χ0n) is 23.3. The number of piperidine rings is 1. The zero-order valence-corrected chi connectivity index (χ0v) is 23.3. The highest BCUT2D eigenvalue weighted by molar-refractivity contribution is 5.94. The van der Waals surface area contributed by atoms with Crippen LogP contribution in [0.15, 0.2) is 67.3 Å². The predicted molar refractivity (Wildman–Crippen MR) is 150 cm³/mol. The number of hydrogen-bond donors (Lipinski definition) is 0. The van der Waals surface area contributed by atoms with Crippen LogP contribution in [0.2, 0.25) is 0 Å². The molecule has 0 aromatic heterocycles. The molecular weight excluding hydrogens is 476 g/mol. The molecular formula is C32H42N2O4. The minimum absolute atomic E-state index is 0.0194. The fourth-order valence-electron chi connectivity index (χ4n) is 6.72. The highest BCUT2D eigenvalue weighted by Gasteiger charge is 2.61. The van der Waals surface area contributed by atoms with Crippen LogP contribution in [0.1, 0.15) is 62.4 Å². The number of nitrogens with zero attached hydrogens (tertiary/aromatic N) is 2. The van der Waals surface area contributed by atoms with Crippen LogP contribution >= 0.6 is 0 Å². The molecule has 204 valence electrons. The van der Waals surface area contributed by atoms with Gasteiger partial charge in [-0.15, -0.1) is 6.58 Å². The Bertz CT molecular complexity index is 1130. The molecule has 1 saturated carbocycles. The van der Waals surface area contributed by atoms with E-state index < -0.39 is 11.0 Å². The van der Waals surface area contributed by atoms with Crippen molar-refractivity contribution in [3.8, 4) is 5.75 Å². The van der Waals surface area contributed by atoms with Crippen molar-refractivity contribution >= 4 is 11.9 Å². The smallest absolute Gasteiger partial charge is 0.303 e. The quantitative estimate of drug-likeness (QED) is 0.325. The van der Waals surface area contributed by atoms with Gasteiger partial charge in [0.2, 0.25) is 0 Å². The zero-order chi connectivity index (χ0) is 27.3. The van der Waals surface area contributed by atoms with Gasteiger partial charge in [0, 0.05) is 43.6 Å². The maximum atomic E-state index is 13.9. The molecule has 0 spiro atoms. The van der Waals surface area contributed by atoms with Crippen LogP contribution in [0.4, 0.5) is 0 Å². The Morgan fingerprint density at radius 2 is 1.92 bits per heavy atom. The third-order valence-electron chi connectivity index (χ3n) is 8.30. The molecule has 1 saturated heterocycles. The van der Waals surface area contributed by atoms with Gasteiger partial charge in [-0.1, -0.05) is 50.3 Å². The van der Waals surface area contributed by atoms with E-state index in [1.807, 2.05) is 48.5 Å². The molecule has 1 aliphatic heterocycles. The third kappa shape index (κ3) is 5.51. The van der Waals surface area contributed by atoms with E-state index in [2.05, 4.69) is 42.4 Å². The van der Waals surface area contributed by atoms with E-state index >= 15 is 0 Å². The van der Waals surface area contributed by atoms with Crippen molar-refractivity contribution < 1.29 is 19.1 Å². The first-order valence-corrected chi connectivity index (χ1v) is 13.8. The average Bonchev–Trinajstić information content (AvgIpc) is 2.91. The summed E-state index contributed by atoms with van der Waals surface area (Å²) in [6.45, 7) is 12.7. The average molecular weight is 519 g/mol. The fourth-order valence-corrected chi connectivity index (χ4v) is 6.72. The van der Waals surface area contributed by atoms with Crippen LogP contribution in [-0.4, -0.2) is 66.6 Å². The van der Waals surface area contributed by atoms with Gasteiger partial charge in [-0.05, 0) is 68.0 Å². The number of carbonyl (C=O) groups excluding carboxylic acids is 2. The van der Waals surface area contributed by atoms with Gasteiger partial charge in [-0.2, -0.15) is 0 Å². The molecule has 0 bridgehead atoms. The number of methoxy groups -OCH3 is 1. The molecule has 6 nitrogen and oxygen atoms in total. The van der Waals surface area contributed by atoms with E-state index in [-0.39, 0.29) is 17.9 Å². The fraction of sp³-hybridized carbons (Fsp3) is 0.500. The van der Waals surface area contributed by atoms with Crippen molar-refractivity contribution in [3.63, 3.8) is 0 Å². The lowest BCUT2D eigenvalue weighted by Crippen LogP contribution is -2.68. The minimum Gasteiger partial charge on any atom is -0.497 e. The van der Waals surface area contributed by atoms with Crippen molar-refractivity contribution in [1.82, 2.24) is 9.80 Å². The highest BCUT2D eigenvalue weighted by atomic mass is 16.6. The van der Waals surface area contributed by atoms with Crippen LogP contribution in [0.25, 0.3) is 0 Å². The molecule has 2 fully saturated rings. The van der Waals surface area contributed by atoms with Gasteiger partial charge in [0.15, 0.2) is 0 Å². The molecule has 2 aromatic carbocycles. The molecule has 38 heavy (non-hydrogen) atoms. The first-order valence-electron chi connectivity index (χ1n) is 13.8. The molecule has 6 heteroatoms. The molecule has 2 aliphatic rings. The lowest BCUT2D eigenvalue weighted by atomic mass is 9.54. The summed E-state index contributed by atoms with van der Waals surface area (Å²) in [4.78, 5) is 30.9. The lowest BCUT2D eigenvalue weighted by Gasteiger charge is -2.60. The number of amides is 1. The van der Waals surface area contributed by atoms with Gasteiger partial charge in [-0.25, -0.2) is 0 Å². The molecule has 3 atom stereocenters. The summed E-state index contributed by atoms with van der Waals surface area (Å²) < 4.78 is 12.0. The first kappa shape index (κ1) is 27.9. The SMILES string of the molecule is C=CCN1CCC2(c3cccc(OC)c3)C[C@@H](N(CC(C)C)C(=O)c3ccccc3)CCC2(OC(C)=O)C1. The molecule has 1 heterocycles. The van der Waals surface area contributed by atoms with Gasteiger partial charge >= 0.3 is 5.97 Å². The van der Waals surface area contributed by atoms with Crippen LogP contribution in [0, 0.1) is 5.92 Å². The molecule has 4 rings (SSSR count). The summed E-state index contributed by atoms with van der Waals surface area (Å²) in [5, 5.41) is 0. The minimum atomic E-state index is -0.706. The standard InChI is InChI=1S/C32H42N2O4/c1-6-18-33-19-17-31(27-13-10-14-29(20-27)37-5)21-28(15-16-32(31,23-33)38-25(4)35)34(22-24(2)3)30(36)26-11-8-7-9-12-26/h6-14,20,24,28H,1,15-19,21-23H2,2-5H3/t28-,31?,32?/m0/s1. The number of esters is 1. The second-order valence-electron chi connectivity index (χ2n) is 11.3. The van der Waals surface area contributed by atoms with Crippen molar-refractivity contribution in [3.05, 3.63) is 78.4 Å². The van der Waals surface area contributed by atoms with Gasteiger partial charge in [-0.3, -0.25) is 14.5 Å². The highest BCUT2D eigenvalue weighted by Crippen LogP contribution is 2.55. The van der Waals surface area contributed by atoms with E-state index in [4.69, 9.17) is 9.47 Å². The number of fused-ring (bicyclic) bond motifs is 1. The van der Waals surface area contributed by atoms with E-state index in [1.54, 1.807) is 7.11 Å². The van der Waals surface area contributed by atoms with Crippen molar-refractivity contribution in [2.75, 3.05) is 33.3 Å². The summed E-state index contributed by atoms with van der Waals surface area (Å²) >= 11 is 0. The second-order valence-corrected chi connectivity index (χ2v) is 11.3. The largest absolute Gasteiger partial charge is 0.497 e. The van der Waals surface area contributed by atoms with Crippen LogP contribution < -0.4 is 4.74 Å². The topological polar surface area (TPSA) is 59.1 Å². The van der Waals surface area contributed by atoms with E-state index in [0.717, 1.165) is 43.7 Å². The Morgan fingerprint density at radius 1 is 1.16 bits per heavy atom. The van der Waals surface area contributed by atoms with Gasteiger partial charge < -0.3 is 14.4 Å². The summed E-state index contributed by atoms with van der Waals surface area (Å²) in [7, 11) is 1.68. The number of carbonyl (C=O) groups is 2. The second kappa shape index (κ2) is 11.7. The maximum absolute atomic E-state index is 13.9. The van der Waals surface area contributed by atoms with Crippen LogP contribution in [0.5, 0.6) is 5.75 Å². The van der Waals surface area contributed by atoms with E-state index in [0.29, 0.717) is 31.0 Å². The van der Waals surface area contributed by atoms with Gasteiger partial charge in [0.25, 0.3) is 5.91 Å². The van der Waals surface area contributed by atoms with Crippen molar-refractivity contribution in [1.29, 1.82) is 0 Å². The van der Waals surface area contributed by atoms with E-state index in [9.17, 15) is 9.59 Å². The van der Waals surface area contributed by atoms with Crippen LogP contribution in [-0.2, 0) is 14.9 Å². The Balaban J connectivity index is 1.81. The molecule has 2 aromatic rings. The number of likely N-dealkylation sites (tertiary alicyclic amines) is 1. The van der Waals surface area contributed by atoms with E-state index in [1.165, 1.54) is 6.92 Å². The predicted octanol–water partition coefficient (Wildman–Crippen LogP) is 5.48.